The minimum atomic E-state index is 0.471. The lowest BCUT2D eigenvalue weighted by Gasteiger charge is -2.10. The van der Waals surface area contributed by atoms with Gasteiger partial charge in [-0.05, 0) is 60.5 Å². The molecule has 0 spiro atoms. The highest BCUT2D eigenvalue weighted by Gasteiger charge is 2.21. The molecule has 4 rings (SSSR count). The Hall–Kier alpha value is -2.33. The van der Waals surface area contributed by atoms with E-state index in [4.69, 9.17) is 16.3 Å². The van der Waals surface area contributed by atoms with Crippen LogP contribution in [0.3, 0.4) is 0 Å². The van der Waals surface area contributed by atoms with Crippen molar-refractivity contribution in [3.8, 4) is 5.75 Å². The molecule has 3 aromatic rings. The van der Waals surface area contributed by atoms with Crippen LogP contribution >= 0.6 is 11.6 Å². The van der Waals surface area contributed by atoms with Gasteiger partial charge in [0.1, 0.15) is 16.7 Å². The molecule has 0 saturated heterocycles. The minimum absolute atomic E-state index is 0.471. The Morgan fingerprint density at radius 1 is 1.13 bits per heavy atom. The molecule has 23 heavy (non-hydrogen) atoms. The first-order chi connectivity index (χ1) is 11.3. The van der Waals surface area contributed by atoms with Gasteiger partial charge in [0, 0.05) is 11.6 Å². The predicted molar refractivity (Wildman–Crippen MR) is 92.5 cm³/mol. The van der Waals surface area contributed by atoms with Crippen LogP contribution in [0.4, 0.5) is 11.5 Å². The first kappa shape index (κ1) is 14.3. The zero-order valence-corrected chi connectivity index (χ0v) is 13.3. The van der Waals surface area contributed by atoms with E-state index in [-0.39, 0.29) is 0 Å². The van der Waals surface area contributed by atoms with E-state index in [2.05, 4.69) is 21.4 Å². The summed E-state index contributed by atoms with van der Waals surface area (Å²) in [5.74, 6) is 2.45. The van der Waals surface area contributed by atoms with E-state index in [1.807, 2.05) is 24.3 Å². The molecule has 1 aromatic carbocycles. The molecule has 4 nitrogen and oxygen atoms in total. The summed E-state index contributed by atoms with van der Waals surface area (Å²) in [6, 6.07) is 11.7. The Morgan fingerprint density at radius 3 is 2.83 bits per heavy atom. The molecule has 0 unspecified atom stereocenters. The number of fused-ring (bicyclic) bond motifs is 1. The SMILES string of the molecule is Clc1ccc(Nc2nccc3cc(OCC4CC4)ccc23)cn1. The Labute approximate surface area is 139 Å². The standard InChI is InChI=1S/C18H16ClN3O/c19-17-6-3-14(10-21-17)22-18-16-5-4-15(23-11-12-1-2-12)9-13(16)7-8-20-18/h3-10,12H,1-2,11H2,(H,20,22). The van der Waals surface area contributed by atoms with Gasteiger partial charge in [-0.1, -0.05) is 11.6 Å². The second kappa shape index (κ2) is 6.05. The van der Waals surface area contributed by atoms with E-state index in [1.54, 1.807) is 18.5 Å². The number of ether oxygens (including phenoxy) is 1. The van der Waals surface area contributed by atoms with Crippen molar-refractivity contribution in [3.63, 3.8) is 0 Å². The van der Waals surface area contributed by atoms with Gasteiger partial charge in [-0.3, -0.25) is 0 Å². The lowest BCUT2D eigenvalue weighted by Crippen LogP contribution is -1.99. The van der Waals surface area contributed by atoms with Crippen LogP contribution in [0.1, 0.15) is 12.8 Å². The summed E-state index contributed by atoms with van der Waals surface area (Å²) < 4.78 is 5.84. The summed E-state index contributed by atoms with van der Waals surface area (Å²) in [5.41, 5.74) is 0.850. The van der Waals surface area contributed by atoms with Gasteiger partial charge in [-0.15, -0.1) is 0 Å². The second-order valence-electron chi connectivity index (χ2n) is 5.79. The van der Waals surface area contributed by atoms with Crippen molar-refractivity contribution in [1.29, 1.82) is 0 Å². The second-order valence-corrected chi connectivity index (χ2v) is 6.18. The quantitative estimate of drug-likeness (QED) is 0.683. The Balaban J connectivity index is 1.60. The number of hydrogen-bond donors (Lipinski definition) is 1. The van der Waals surface area contributed by atoms with Crippen LogP contribution in [0.25, 0.3) is 10.8 Å². The van der Waals surface area contributed by atoms with Gasteiger partial charge in [0.05, 0.1) is 18.5 Å². The Bertz CT molecular complexity index is 831. The molecule has 1 aliphatic rings. The Morgan fingerprint density at radius 2 is 2.04 bits per heavy atom. The van der Waals surface area contributed by atoms with E-state index in [9.17, 15) is 0 Å². The molecule has 0 radical (unpaired) electrons. The summed E-state index contributed by atoms with van der Waals surface area (Å²) >= 11 is 5.82. The summed E-state index contributed by atoms with van der Waals surface area (Å²) in [5, 5.41) is 5.89. The minimum Gasteiger partial charge on any atom is -0.493 e. The first-order valence-corrected chi connectivity index (χ1v) is 8.06. The highest BCUT2D eigenvalue weighted by Crippen LogP contribution is 2.31. The van der Waals surface area contributed by atoms with Crippen LogP contribution in [-0.2, 0) is 0 Å². The van der Waals surface area contributed by atoms with Gasteiger partial charge in [0.2, 0.25) is 0 Å². The molecule has 0 atom stereocenters. The molecular formula is C18H16ClN3O. The topological polar surface area (TPSA) is 47.0 Å². The molecule has 0 bridgehead atoms. The third kappa shape index (κ3) is 3.37. The highest BCUT2D eigenvalue weighted by molar-refractivity contribution is 6.29. The average molecular weight is 326 g/mol. The number of hydrogen-bond acceptors (Lipinski definition) is 4. The maximum Gasteiger partial charge on any atom is 0.138 e. The normalized spacial score (nSPS) is 14.0. The number of anilines is 2. The van der Waals surface area contributed by atoms with Crippen LogP contribution in [0, 0.1) is 5.92 Å². The number of rotatable bonds is 5. The van der Waals surface area contributed by atoms with Gasteiger partial charge >= 0.3 is 0 Å². The molecule has 1 aliphatic carbocycles. The molecule has 0 aliphatic heterocycles. The molecule has 5 heteroatoms. The summed E-state index contributed by atoms with van der Waals surface area (Å²) in [6.07, 6.45) is 6.07. The van der Waals surface area contributed by atoms with Crippen molar-refractivity contribution in [2.75, 3.05) is 11.9 Å². The fourth-order valence-corrected chi connectivity index (χ4v) is 2.54. The summed E-state index contributed by atoms with van der Waals surface area (Å²) in [7, 11) is 0. The smallest absolute Gasteiger partial charge is 0.138 e. The monoisotopic (exact) mass is 325 g/mol. The number of nitrogens with zero attached hydrogens (tertiary/aromatic N) is 2. The molecule has 116 valence electrons. The van der Waals surface area contributed by atoms with E-state index >= 15 is 0 Å². The average Bonchev–Trinajstić information content (AvgIpc) is 3.39. The lowest BCUT2D eigenvalue weighted by molar-refractivity contribution is 0.300. The van der Waals surface area contributed by atoms with Crippen molar-refractivity contribution >= 4 is 33.9 Å². The van der Waals surface area contributed by atoms with E-state index in [1.165, 1.54) is 12.8 Å². The van der Waals surface area contributed by atoms with Crippen LogP contribution in [0.2, 0.25) is 5.15 Å². The predicted octanol–water partition coefficient (Wildman–Crippen LogP) is 4.82. The Kier molecular flexibility index (Phi) is 3.75. The van der Waals surface area contributed by atoms with E-state index in [0.29, 0.717) is 5.15 Å². The van der Waals surface area contributed by atoms with Crippen LogP contribution in [0.15, 0.2) is 48.8 Å². The van der Waals surface area contributed by atoms with E-state index in [0.717, 1.165) is 40.6 Å². The maximum atomic E-state index is 5.84. The summed E-state index contributed by atoms with van der Waals surface area (Å²) in [4.78, 5) is 8.50. The number of aromatic nitrogens is 2. The highest BCUT2D eigenvalue weighted by atomic mass is 35.5. The first-order valence-electron chi connectivity index (χ1n) is 7.68. The molecule has 2 aromatic heterocycles. The van der Waals surface area contributed by atoms with Gasteiger partial charge in [-0.25, -0.2) is 9.97 Å². The van der Waals surface area contributed by atoms with E-state index < -0.39 is 0 Å². The van der Waals surface area contributed by atoms with Gasteiger partial charge in [0.15, 0.2) is 0 Å². The maximum absolute atomic E-state index is 5.84. The number of benzene rings is 1. The van der Waals surface area contributed by atoms with Gasteiger partial charge in [-0.2, -0.15) is 0 Å². The lowest BCUT2D eigenvalue weighted by atomic mass is 10.1. The number of nitrogens with one attached hydrogen (secondary N) is 1. The number of pyridine rings is 2. The largest absolute Gasteiger partial charge is 0.493 e. The van der Waals surface area contributed by atoms with Crippen molar-refractivity contribution in [3.05, 3.63) is 53.9 Å². The van der Waals surface area contributed by atoms with Crippen molar-refractivity contribution in [2.45, 2.75) is 12.8 Å². The zero-order valence-electron chi connectivity index (χ0n) is 12.5. The van der Waals surface area contributed by atoms with Crippen molar-refractivity contribution < 1.29 is 4.74 Å². The summed E-state index contributed by atoms with van der Waals surface area (Å²) in [6.45, 7) is 0.818. The molecule has 1 N–H and O–H groups in total. The van der Waals surface area contributed by atoms with Crippen molar-refractivity contribution in [2.24, 2.45) is 5.92 Å². The zero-order chi connectivity index (χ0) is 15.6. The van der Waals surface area contributed by atoms with Gasteiger partial charge < -0.3 is 10.1 Å². The van der Waals surface area contributed by atoms with Crippen LogP contribution in [0.5, 0.6) is 5.75 Å². The third-order valence-electron chi connectivity index (χ3n) is 3.91. The fraction of sp³-hybridized carbons (Fsp3) is 0.222. The number of halogens is 1. The molecular weight excluding hydrogens is 310 g/mol. The third-order valence-corrected chi connectivity index (χ3v) is 4.13. The van der Waals surface area contributed by atoms with Crippen molar-refractivity contribution in [1.82, 2.24) is 9.97 Å². The molecule has 1 saturated carbocycles. The van der Waals surface area contributed by atoms with Crippen LogP contribution in [-0.4, -0.2) is 16.6 Å². The molecule has 0 amide bonds. The molecule has 1 fully saturated rings. The molecule has 2 heterocycles. The van der Waals surface area contributed by atoms with Gasteiger partial charge in [0.25, 0.3) is 0 Å². The van der Waals surface area contributed by atoms with Crippen LogP contribution < -0.4 is 10.1 Å². The fourth-order valence-electron chi connectivity index (χ4n) is 2.43.